The Bertz CT molecular complexity index is 1160. The van der Waals surface area contributed by atoms with E-state index in [1.54, 1.807) is 0 Å². The summed E-state index contributed by atoms with van der Waals surface area (Å²) in [4.78, 5) is 11.4. The molecule has 1 aliphatic rings. The fourth-order valence-corrected chi connectivity index (χ4v) is 4.66. The minimum absolute atomic E-state index is 0.0669. The van der Waals surface area contributed by atoms with Crippen molar-refractivity contribution in [3.8, 4) is 11.5 Å². The van der Waals surface area contributed by atoms with Crippen molar-refractivity contribution in [3.63, 3.8) is 0 Å². The number of carbonyl (C=O) groups excluding carboxylic acids is 1. The van der Waals surface area contributed by atoms with Crippen LogP contribution in [0.2, 0.25) is 0 Å². The zero-order chi connectivity index (χ0) is 24.1. The first-order chi connectivity index (χ1) is 16.4. The van der Waals surface area contributed by atoms with E-state index in [4.69, 9.17) is 9.47 Å². The van der Waals surface area contributed by atoms with Crippen LogP contribution in [0.1, 0.15) is 62.8 Å². The molecule has 0 heterocycles. The summed E-state index contributed by atoms with van der Waals surface area (Å²) in [6.07, 6.45) is 3.18. The van der Waals surface area contributed by atoms with E-state index in [-0.39, 0.29) is 12.2 Å². The Morgan fingerprint density at radius 3 is 2.06 bits per heavy atom. The molecule has 0 fully saturated rings. The van der Waals surface area contributed by atoms with Gasteiger partial charge in [0.05, 0.1) is 0 Å². The smallest absolute Gasteiger partial charge is 0.308 e. The van der Waals surface area contributed by atoms with Gasteiger partial charge in [0.2, 0.25) is 0 Å². The highest BCUT2D eigenvalue weighted by Crippen LogP contribution is 2.40. The maximum absolute atomic E-state index is 11.4. The molecule has 1 aliphatic carbocycles. The molecule has 4 rings (SSSR count). The molecule has 0 radical (unpaired) electrons. The average Bonchev–Trinajstić information content (AvgIpc) is 2.81. The summed E-state index contributed by atoms with van der Waals surface area (Å²) in [5.74, 6) is 1.08. The van der Waals surface area contributed by atoms with E-state index < -0.39 is 0 Å². The van der Waals surface area contributed by atoms with Crippen molar-refractivity contribution >= 4 is 17.1 Å². The molecule has 176 valence electrons. The lowest BCUT2D eigenvalue weighted by molar-refractivity contribution is -0.131. The molecule has 1 N–H and O–H groups in total. The number of rotatable bonds is 7. The van der Waals surface area contributed by atoms with Crippen LogP contribution < -0.4 is 14.8 Å². The van der Waals surface area contributed by atoms with Crippen LogP contribution in [0.5, 0.6) is 11.5 Å². The molecule has 0 aliphatic heterocycles. The molecule has 0 amide bonds. The van der Waals surface area contributed by atoms with Gasteiger partial charge < -0.3 is 9.47 Å². The van der Waals surface area contributed by atoms with Crippen molar-refractivity contribution in [1.29, 1.82) is 0 Å². The lowest BCUT2D eigenvalue weighted by atomic mass is 9.81. The topological polar surface area (TPSA) is 47.6 Å². The molecule has 0 saturated heterocycles. The highest BCUT2D eigenvalue weighted by atomic mass is 16.5. The Balaban J connectivity index is 1.75. The number of fused-ring (bicyclic) bond motifs is 1. The Morgan fingerprint density at radius 2 is 1.44 bits per heavy atom. The van der Waals surface area contributed by atoms with Crippen LogP contribution in [-0.4, -0.2) is 18.2 Å². The van der Waals surface area contributed by atoms with Crippen molar-refractivity contribution in [1.82, 2.24) is 5.32 Å². The molecule has 4 nitrogen and oxygen atoms in total. The molecular formula is C30H33NO3. The maximum atomic E-state index is 11.4. The normalized spacial score (nSPS) is 15.4. The molecule has 1 atom stereocenters. The van der Waals surface area contributed by atoms with Gasteiger partial charge in [0, 0.05) is 13.0 Å². The van der Waals surface area contributed by atoms with Gasteiger partial charge in [-0.1, -0.05) is 48.5 Å². The SMILES string of the molecule is CC(=O)Oc1ccc(C(=C2CCCc3ccccc32)c2ccc(OC(C)NC(C)C)cc2)cc1. The molecule has 4 heteroatoms. The molecule has 0 bridgehead atoms. The maximum Gasteiger partial charge on any atom is 0.308 e. The minimum Gasteiger partial charge on any atom is -0.476 e. The third-order valence-corrected chi connectivity index (χ3v) is 5.95. The van der Waals surface area contributed by atoms with Gasteiger partial charge in [-0.25, -0.2) is 0 Å². The molecule has 1 unspecified atom stereocenters. The minimum atomic E-state index is -0.315. The number of hydrogen-bond acceptors (Lipinski definition) is 4. The van der Waals surface area contributed by atoms with Crippen LogP contribution in [0, 0.1) is 0 Å². The fraction of sp³-hybridized carbons (Fsp3) is 0.300. The number of hydrogen-bond donors (Lipinski definition) is 1. The standard InChI is InChI=1S/C30H33NO3/c1-20(2)31-21(3)33-26-16-12-24(13-17-26)30(25-14-18-27(19-15-25)34-22(4)32)29-11-7-9-23-8-5-6-10-28(23)29/h5-6,8,10,12-21,31H,7,9,11H2,1-4H3. The van der Waals surface area contributed by atoms with E-state index in [1.807, 2.05) is 43.3 Å². The number of esters is 1. The summed E-state index contributed by atoms with van der Waals surface area (Å²) < 4.78 is 11.3. The first-order valence-electron chi connectivity index (χ1n) is 12.0. The number of nitrogens with one attached hydrogen (secondary N) is 1. The quantitative estimate of drug-likeness (QED) is 0.247. The van der Waals surface area contributed by atoms with E-state index in [2.05, 4.69) is 55.6 Å². The Kier molecular flexibility index (Phi) is 7.49. The Morgan fingerprint density at radius 1 is 0.824 bits per heavy atom. The highest BCUT2D eigenvalue weighted by Gasteiger charge is 2.20. The zero-order valence-electron chi connectivity index (χ0n) is 20.4. The van der Waals surface area contributed by atoms with Gasteiger partial charge in [-0.2, -0.15) is 0 Å². The Hall–Kier alpha value is -3.37. The van der Waals surface area contributed by atoms with Crippen LogP contribution in [-0.2, 0) is 11.2 Å². The monoisotopic (exact) mass is 455 g/mol. The fourth-order valence-electron chi connectivity index (χ4n) is 4.66. The van der Waals surface area contributed by atoms with Gasteiger partial charge >= 0.3 is 5.97 Å². The first kappa shape index (κ1) is 23.8. The molecule has 34 heavy (non-hydrogen) atoms. The third kappa shape index (κ3) is 5.75. The van der Waals surface area contributed by atoms with Crippen molar-refractivity contribution in [2.75, 3.05) is 0 Å². The van der Waals surface area contributed by atoms with Gasteiger partial charge in [-0.15, -0.1) is 0 Å². The summed E-state index contributed by atoms with van der Waals surface area (Å²) in [6, 6.07) is 25.2. The molecule has 0 aromatic heterocycles. The molecular weight excluding hydrogens is 422 g/mol. The van der Waals surface area contributed by atoms with E-state index in [9.17, 15) is 4.79 Å². The summed E-state index contributed by atoms with van der Waals surface area (Å²) in [5.41, 5.74) is 7.52. The van der Waals surface area contributed by atoms with Crippen LogP contribution >= 0.6 is 0 Å². The van der Waals surface area contributed by atoms with Gasteiger partial charge in [0.1, 0.15) is 17.7 Å². The van der Waals surface area contributed by atoms with Crippen LogP contribution in [0.4, 0.5) is 0 Å². The van der Waals surface area contributed by atoms with Gasteiger partial charge in [-0.05, 0) is 97.7 Å². The number of benzene rings is 3. The number of ether oxygens (including phenoxy) is 2. The molecule has 0 saturated carbocycles. The predicted octanol–water partition coefficient (Wildman–Crippen LogP) is 6.63. The van der Waals surface area contributed by atoms with Crippen molar-refractivity contribution in [3.05, 3.63) is 95.1 Å². The Labute approximate surface area is 202 Å². The van der Waals surface area contributed by atoms with Gasteiger partial charge in [-0.3, -0.25) is 10.1 Å². The lowest BCUT2D eigenvalue weighted by Crippen LogP contribution is -2.36. The molecule has 3 aromatic carbocycles. The summed E-state index contributed by atoms with van der Waals surface area (Å²) in [6.45, 7) is 7.65. The first-order valence-corrected chi connectivity index (χ1v) is 12.0. The van der Waals surface area contributed by atoms with E-state index in [1.165, 1.54) is 29.2 Å². The molecule has 0 spiro atoms. The zero-order valence-corrected chi connectivity index (χ0v) is 20.4. The summed E-state index contributed by atoms with van der Waals surface area (Å²) >= 11 is 0. The van der Waals surface area contributed by atoms with E-state index in [0.717, 1.165) is 36.1 Å². The van der Waals surface area contributed by atoms with Crippen molar-refractivity contribution < 1.29 is 14.3 Å². The number of carbonyl (C=O) groups is 1. The average molecular weight is 456 g/mol. The summed E-state index contributed by atoms with van der Waals surface area (Å²) in [7, 11) is 0. The predicted molar refractivity (Wildman–Crippen MR) is 138 cm³/mol. The van der Waals surface area contributed by atoms with Crippen molar-refractivity contribution in [2.45, 2.75) is 59.2 Å². The van der Waals surface area contributed by atoms with Crippen LogP contribution in [0.15, 0.2) is 72.8 Å². The van der Waals surface area contributed by atoms with E-state index in [0.29, 0.717) is 11.8 Å². The van der Waals surface area contributed by atoms with Gasteiger partial charge in [0.25, 0.3) is 0 Å². The third-order valence-electron chi connectivity index (χ3n) is 5.95. The second kappa shape index (κ2) is 10.7. The lowest BCUT2D eigenvalue weighted by Gasteiger charge is -2.24. The van der Waals surface area contributed by atoms with Crippen molar-refractivity contribution in [2.24, 2.45) is 0 Å². The summed E-state index contributed by atoms with van der Waals surface area (Å²) in [5, 5.41) is 3.37. The molecule has 3 aromatic rings. The van der Waals surface area contributed by atoms with Crippen LogP contribution in [0.3, 0.4) is 0 Å². The second-order valence-corrected chi connectivity index (χ2v) is 9.09. The van der Waals surface area contributed by atoms with Crippen LogP contribution in [0.25, 0.3) is 11.1 Å². The highest BCUT2D eigenvalue weighted by molar-refractivity contribution is 5.99. The second-order valence-electron chi connectivity index (χ2n) is 9.09. The largest absolute Gasteiger partial charge is 0.476 e. The number of aryl methyl sites for hydroxylation is 1. The number of allylic oxidation sites excluding steroid dienone is 1. The van der Waals surface area contributed by atoms with E-state index >= 15 is 0 Å². The van der Waals surface area contributed by atoms with Gasteiger partial charge in [0.15, 0.2) is 0 Å².